The fourth-order valence-corrected chi connectivity index (χ4v) is 2.79. The molecule has 0 bridgehead atoms. The molecule has 1 saturated carbocycles. The Kier molecular flexibility index (Phi) is 2.06. The van der Waals surface area contributed by atoms with E-state index in [1.54, 1.807) is 12.1 Å². The lowest BCUT2D eigenvalue weighted by atomic mass is 9.76. The number of nitrogens with zero attached hydrogens (tertiary/aromatic N) is 3. The molecule has 3 nitrogen and oxygen atoms in total. The van der Waals surface area contributed by atoms with Crippen molar-refractivity contribution < 1.29 is 4.39 Å². The minimum atomic E-state index is -0.509. The summed E-state index contributed by atoms with van der Waals surface area (Å²) in [5, 5.41) is 17.7. The van der Waals surface area contributed by atoms with Gasteiger partial charge < -0.3 is 0 Å². The molecule has 1 aromatic carbocycles. The van der Waals surface area contributed by atoms with E-state index in [4.69, 9.17) is 0 Å². The van der Waals surface area contributed by atoms with Crippen LogP contribution in [0.4, 0.5) is 4.39 Å². The van der Waals surface area contributed by atoms with Gasteiger partial charge in [-0.3, -0.25) is 0 Å². The van der Waals surface area contributed by atoms with Gasteiger partial charge in [0.1, 0.15) is 11.2 Å². The van der Waals surface area contributed by atoms with Crippen molar-refractivity contribution in [3.8, 4) is 6.07 Å². The molecule has 0 amide bonds. The van der Waals surface area contributed by atoms with Crippen LogP contribution in [-0.2, 0) is 6.42 Å². The largest absolute Gasteiger partial charge is 0.209 e. The first-order chi connectivity index (χ1) is 8.20. The molecule has 0 saturated heterocycles. The third-order valence-electron chi connectivity index (χ3n) is 3.87. The first-order valence-electron chi connectivity index (χ1n) is 5.80. The Bertz CT molecular complexity index is 508. The van der Waals surface area contributed by atoms with Crippen LogP contribution in [0.3, 0.4) is 0 Å². The molecule has 1 fully saturated rings. The highest BCUT2D eigenvalue weighted by Crippen LogP contribution is 2.57. The Hall–Kier alpha value is -1.76. The molecular formula is C13H12FN3. The van der Waals surface area contributed by atoms with Gasteiger partial charge in [-0.25, -0.2) is 4.39 Å². The van der Waals surface area contributed by atoms with Crippen molar-refractivity contribution in [3.63, 3.8) is 0 Å². The van der Waals surface area contributed by atoms with Crippen LogP contribution in [0, 0.1) is 22.6 Å². The summed E-state index contributed by atoms with van der Waals surface area (Å²) in [7, 11) is 0. The molecule has 1 unspecified atom stereocenters. The zero-order chi connectivity index (χ0) is 11.9. The number of hydrogen-bond acceptors (Lipinski definition) is 3. The molecule has 1 atom stereocenters. The van der Waals surface area contributed by atoms with Crippen molar-refractivity contribution in [1.29, 1.82) is 5.26 Å². The Labute approximate surface area is 99.0 Å². The van der Waals surface area contributed by atoms with Crippen LogP contribution >= 0.6 is 0 Å². The average molecular weight is 229 g/mol. The quantitative estimate of drug-likeness (QED) is 0.768. The molecule has 1 aliphatic heterocycles. The molecule has 1 aromatic rings. The van der Waals surface area contributed by atoms with Crippen LogP contribution in [0.5, 0.6) is 0 Å². The van der Waals surface area contributed by atoms with Crippen molar-refractivity contribution in [2.75, 3.05) is 0 Å². The summed E-state index contributed by atoms with van der Waals surface area (Å²) in [5.41, 5.74) is 0.0209. The molecule has 1 heterocycles. The second-order valence-electron chi connectivity index (χ2n) is 4.87. The SMILES string of the molecule is N#CC1(Cc2ccc(F)cc2)CCCC12N=N2. The number of rotatable bonds is 2. The lowest BCUT2D eigenvalue weighted by molar-refractivity contribution is 0.316. The van der Waals surface area contributed by atoms with Gasteiger partial charge >= 0.3 is 0 Å². The summed E-state index contributed by atoms with van der Waals surface area (Å²) >= 11 is 0. The summed E-state index contributed by atoms with van der Waals surface area (Å²) in [6.45, 7) is 0. The lowest BCUT2D eigenvalue weighted by Gasteiger charge is -2.24. The molecule has 1 aliphatic carbocycles. The second kappa shape index (κ2) is 3.36. The molecule has 0 aromatic heterocycles. The van der Waals surface area contributed by atoms with Gasteiger partial charge in [0.2, 0.25) is 5.66 Å². The van der Waals surface area contributed by atoms with Gasteiger partial charge in [-0.15, -0.1) is 0 Å². The molecule has 0 radical (unpaired) electrons. The Balaban J connectivity index is 1.88. The standard InChI is InChI=1S/C13H12FN3/c14-11-4-2-10(3-5-11)8-12(9-15)6-1-7-13(12)16-17-13/h2-5H,1,6-8H2. The second-order valence-corrected chi connectivity index (χ2v) is 4.87. The Morgan fingerprint density at radius 1 is 1.24 bits per heavy atom. The fraction of sp³-hybridized carbons (Fsp3) is 0.462. The maximum absolute atomic E-state index is 12.8. The zero-order valence-corrected chi connectivity index (χ0v) is 9.36. The molecule has 4 heteroatoms. The summed E-state index contributed by atoms with van der Waals surface area (Å²) in [4.78, 5) is 0. The third-order valence-corrected chi connectivity index (χ3v) is 3.87. The minimum absolute atomic E-state index is 0.248. The van der Waals surface area contributed by atoms with E-state index in [0.29, 0.717) is 6.42 Å². The predicted molar refractivity (Wildman–Crippen MR) is 59.6 cm³/mol. The molecule has 2 aliphatic rings. The van der Waals surface area contributed by atoms with Gasteiger partial charge in [-0.2, -0.15) is 15.5 Å². The van der Waals surface area contributed by atoms with E-state index in [-0.39, 0.29) is 5.82 Å². The molecule has 1 spiro atoms. The Morgan fingerprint density at radius 3 is 2.53 bits per heavy atom. The van der Waals surface area contributed by atoms with E-state index in [1.165, 1.54) is 12.1 Å². The van der Waals surface area contributed by atoms with Crippen LogP contribution in [0.15, 0.2) is 34.5 Å². The summed E-state index contributed by atoms with van der Waals surface area (Å²) < 4.78 is 12.8. The van der Waals surface area contributed by atoms with Gasteiger partial charge in [-0.05, 0) is 43.4 Å². The van der Waals surface area contributed by atoms with Crippen LogP contribution in [-0.4, -0.2) is 5.66 Å². The maximum Gasteiger partial charge on any atom is 0.209 e. The van der Waals surface area contributed by atoms with Gasteiger partial charge in [-0.1, -0.05) is 12.1 Å². The van der Waals surface area contributed by atoms with Crippen molar-refractivity contribution >= 4 is 0 Å². The maximum atomic E-state index is 12.8. The van der Waals surface area contributed by atoms with Gasteiger partial charge in [0, 0.05) is 0 Å². The first kappa shape index (κ1) is 10.4. The molecular weight excluding hydrogens is 217 g/mol. The van der Waals surface area contributed by atoms with Gasteiger partial charge in [0.25, 0.3) is 0 Å². The molecule has 0 N–H and O–H groups in total. The minimum Gasteiger partial charge on any atom is -0.207 e. The normalized spacial score (nSPS) is 28.2. The Morgan fingerprint density at radius 2 is 1.94 bits per heavy atom. The first-order valence-corrected chi connectivity index (χ1v) is 5.80. The molecule has 86 valence electrons. The van der Waals surface area contributed by atoms with Crippen LogP contribution < -0.4 is 0 Å². The van der Waals surface area contributed by atoms with E-state index < -0.39 is 11.1 Å². The highest BCUT2D eigenvalue weighted by Gasteiger charge is 2.62. The summed E-state index contributed by atoms with van der Waals surface area (Å²) in [6.07, 6.45) is 3.30. The van der Waals surface area contributed by atoms with Crippen molar-refractivity contribution in [2.45, 2.75) is 31.3 Å². The lowest BCUT2D eigenvalue weighted by Crippen LogP contribution is -2.33. The monoisotopic (exact) mass is 229 g/mol. The van der Waals surface area contributed by atoms with Gasteiger partial charge in [0.15, 0.2) is 0 Å². The average Bonchev–Trinajstić information content (AvgIpc) is 3.03. The van der Waals surface area contributed by atoms with Gasteiger partial charge in [0.05, 0.1) is 6.07 Å². The van der Waals surface area contributed by atoms with Crippen molar-refractivity contribution in [1.82, 2.24) is 0 Å². The summed E-state index contributed by atoms with van der Waals surface area (Å²) in [6, 6.07) is 8.76. The van der Waals surface area contributed by atoms with Crippen molar-refractivity contribution in [2.24, 2.45) is 15.6 Å². The van der Waals surface area contributed by atoms with E-state index >= 15 is 0 Å². The van der Waals surface area contributed by atoms with Crippen LogP contribution in [0.2, 0.25) is 0 Å². The molecule has 17 heavy (non-hydrogen) atoms. The number of hydrogen-bond donors (Lipinski definition) is 0. The van der Waals surface area contributed by atoms with Crippen molar-refractivity contribution in [3.05, 3.63) is 35.6 Å². The van der Waals surface area contributed by atoms with E-state index in [1.807, 2.05) is 0 Å². The topological polar surface area (TPSA) is 48.5 Å². The number of benzene rings is 1. The highest BCUT2D eigenvalue weighted by molar-refractivity contribution is 5.28. The smallest absolute Gasteiger partial charge is 0.207 e. The highest BCUT2D eigenvalue weighted by atomic mass is 19.1. The third kappa shape index (κ3) is 1.46. The predicted octanol–water partition coefficient (Wildman–Crippen LogP) is 3.22. The fourth-order valence-electron chi connectivity index (χ4n) is 2.79. The number of halogens is 1. The van der Waals surface area contributed by atoms with Crippen LogP contribution in [0.25, 0.3) is 0 Å². The number of nitriles is 1. The van der Waals surface area contributed by atoms with E-state index in [0.717, 1.165) is 24.8 Å². The summed E-state index contributed by atoms with van der Waals surface area (Å²) in [5.74, 6) is -0.248. The molecule has 3 rings (SSSR count). The zero-order valence-electron chi connectivity index (χ0n) is 9.36. The van der Waals surface area contributed by atoms with E-state index in [9.17, 15) is 9.65 Å². The van der Waals surface area contributed by atoms with E-state index in [2.05, 4.69) is 16.3 Å². The van der Waals surface area contributed by atoms with Crippen LogP contribution in [0.1, 0.15) is 24.8 Å².